The number of aryl methyl sites for hydroxylation is 1. The average Bonchev–Trinajstić information content (AvgIpc) is 3.43. The van der Waals surface area contributed by atoms with Crippen LogP contribution in [0.3, 0.4) is 0 Å². The number of hydrogen-bond donors (Lipinski definition) is 2. The number of pyridine rings is 1. The molecule has 3 atom stereocenters. The SMILES string of the molecule is CCC1\C=C(Cl)/N=C\C(C)=C(/C(=O)Nc2cc(NC(=O)CN3CC4CCC3C4)cnc2C)C=N1. The monoisotopic (exact) mass is 482 g/mol. The fourth-order valence-electron chi connectivity index (χ4n) is 4.73. The lowest BCUT2D eigenvalue weighted by molar-refractivity contribution is -0.117. The number of allylic oxidation sites excluding steroid dienone is 1. The number of nitrogens with zero attached hydrogens (tertiary/aromatic N) is 4. The van der Waals surface area contributed by atoms with Crippen molar-refractivity contribution >= 4 is 47.2 Å². The summed E-state index contributed by atoms with van der Waals surface area (Å²) < 4.78 is 0. The number of aliphatic imine (C=N–C) groups is 2. The summed E-state index contributed by atoms with van der Waals surface area (Å²) in [7, 11) is 0. The van der Waals surface area contributed by atoms with Crippen LogP contribution in [-0.4, -0.2) is 59.3 Å². The first-order chi connectivity index (χ1) is 16.3. The van der Waals surface area contributed by atoms with Crippen molar-refractivity contribution in [3.8, 4) is 0 Å². The number of halogens is 1. The predicted molar refractivity (Wildman–Crippen MR) is 137 cm³/mol. The maximum Gasteiger partial charge on any atom is 0.257 e. The Morgan fingerprint density at radius 2 is 2.03 bits per heavy atom. The lowest BCUT2D eigenvalue weighted by Gasteiger charge is -2.25. The Hall–Kier alpha value is -2.84. The number of fused-ring (bicyclic) bond motifs is 2. The lowest BCUT2D eigenvalue weighted by atomic mass is 10.1. The van der Waals surface area contributed by atoms with E-state index < -0.39 is 0 Å². The third-order valence-corrected chi connectivity index (χ3v) is 6.91. The van der Waals surface area contributed by atoms with Crippen molar-refractivity contribution < 1.29 is 9.59 Å². The third-order valence-electron chi connectivity index (χ3n) is 6.68. The van der Waals surface area contributed by atoms with E-state index in [-0.39, 0.29) is 17.9 Å². The molecule has 2 amide bonds. The van der Waals surface area contributed by atoms with Gasteiger partial charge in [-0.15, -0.1) is 0 Å². The molecule has 3 aliphatic rings. The maximum absolute atomic E-state index is 13.1. The standard InChI is InChI=1S/C25H31ClN6O2/c1-4-18-9-23(26)29-10-15(2)21(12-28-18)25(34)31-22-8-19(11-27-16(22)3)30-24(33)14-32-13-17-5-6-20(32)7-17/h8-12,17-18,20H,4-7,13-14H2,1-3H3,(H,30,33)(H,31,34)/b21-15-,23-9-,28-12?,29-10-. The van der Waals surface area contributed by atoms with Crippen molar-refractivity contribution in [1.29, 1.82) is 0 Å². The molecular weight excluding hydrogens is 452 g/mol. The van der Waals surface area contributed by atoms with E-state index in [0.29, 0.717) is 46.0 Å². The summed E-state index contributed by atoms with van der Waals surface area (Å²) in [6, 6.07) is 2.11. The number of likely N-dealkylation sites (tertiary alicyclic amines) is 1. The van der Waals surface area contributed by atoms with Crippen molar-refractivity contribution in [2.45, 2.75) is 58.5 Å². The van der Waals surface area contributed by atoms with Crippen LogP contribution in [0.25, 0.3) is 0 Å². The van der Waals surface area contributed by atoms with Gasteiger partial charge < -0.3 is 10.6 Å². The fraction of sp³-hybridized carbons (Fsp3) is 0.480. The van der Waals surface area contributed by atoms with Gasteiger partial charge in [0.05, 0.1) is 41.4 Å². The number of piperidine rings is 1. The van der Waals surface area contributed by atoms with Gasteiger partial charge in [-0.3, -0.25) is 24.5 Å². The van der Waals surface area contributed by atoms with Gasteiger partial charge in [0.15, 0.2) is 0 Å². The average molecular weight is 483 g/mol. The lowest BCUT2D eigenvalue weighted by Crippen LogP contribution is -2.38. The molecule has 1 saturated heterocycles. The Morgan fingerprint density at radius 1 is 1.21 bits per heavy atom. The van der Waals surface area contributed by atoms with E-state index in [9.17, 15) is 9.59 Å². The van der Waals surface area contributed by atoms with Gasteiger partial charge in [-0.1, -0.05) is 18.5 Å². The second-order valence-corrected chi connectivity index (χ2v) is 9.61. The normalized spacial score (nSPS) is 29.1. The Morgan fingerprint density at radius 3 is 2.74 bits per heavy atom. The summed E-state index contributed by atoms with van der Waals surface area (Å²) in [6.07, 6.45) is 10.9. The summed E-state index contributed by atoms with van der Waals surface area (Å²) in [5.74, 6) is 0.342. The molecule has 2 aliphatic heterocycles. The molecule has 1 aromatic heterocycles. The molecule has 1 saturated carbocycles. The van der Waals surface area contributed by atoms with Crippen molar-refractivity contribution in [1.82, 2.24) is 9.88 Å². The molecule has 3 heterocycles. The van der Waals surface area contributed by atoms with E-state index in [1.165, 1.54) is 19.3 Å². The number of amides is 2. The van der Waals surface area contributed by atoms with E-state index >= 15 is 0 Å². The van der Waals surface area contributed by atoms with Gasteiger partial charge in [0.1, 0.15) is 5.16 Å². The molecule has 2 N–H and O–H groups in total. The Kier molecular flexibility index (Phi) is 7.58. The first kappa shape index (κ1) is 24.3. The second-order valence-electron chi connectivity index (χ2n) is 9.22. The Labute approximate surface area is 205 Å². The second kappa shape index (κ2) is 10.6. The minimum absolute atomic E-state index is 0.0661. The van der Waals surface area contributed by atoms with Crippen LogP contribution in [0.1, 0.15) is 45.2 Å². The number of anilines is 2. The molecule has 9 heteroatoms. The molecule has 3 unspecified atom stereocenters. The highest BCUT2D eigenvalue weighted by Crippen LogP contribution is 2.37. The Bertz CT molecular complexity index is 1090. The molecule has 2 bridgehead atoms. The number of carbonyl (C=O) groups is 2. The molecule has 1 aromatic rings. The molecule has 180 valence electrons. The van der Waals surface area contributed by atoms with Crippen LogP contribution in [-0.2, 0) is 9.59 Å². The van der Waals surface area contributed by atoms with Crippen LogP contribution >= 0.6 is 11.6 Å². The van der Waals surface area contributed by atoms with Gasteiger partial charge in [0, 0.05) is 25.0 Å². The summed E-state index contributed by atoms with van der Waals surface area (Å²) >= 11 is 6.13. The summed E-state index contributed by atoms with van der Waals surface area (Å²) in [4.78, 5) is 41.1. The molecule has 8 nitrogen and oxygen atoms in total. The summed E-state index contributed by atoms with van der Waals surface area (Å²) in [5, 5.41) is 6.18. The molecular formula is C25H31ClN6O2. The highest BCUT2D eigenvalue weighted by molar-refractivity contribution is 6.30. The van der Waals surface area contributed by atoms with E-state index in [2.05, 4.69) is 30.5 Å². The van der Waals surface area contributed by atoms with Crippen LogP contribution in [0, 0.1) is 12.8 Å². The van der Waals surface area contributed by atoms with Crippen molar-refractivity contribution in [3.63, 3.8) is 0 Å². The molecule has 1 aliphatic carbocycles. The van der Waals surface area contributed by atoms with Gasteiger partial charge in [-0.25, -0.2) is 4.99 Å². The fourth-order valence-corrected chi connectivity index (χ4v) is 4.92. The molecule has 2 fully saturated rings. The quantitative estimate of drug-likeness (QED) is 0.596. The first-order valence-electron chi connectivity index (χ1n) is 11.8. The van der Waals surface area contributed by atoms with E-state index in [4.69, 9.17) is 11.6 Å². The van der Waals surface area contributed by atoms with Crippen LogP contribution in [0.5, 0.6) is 0 Å². The van der Waals surface area contributed by atoms with Gasteiger partial charge in [-0.05, 0) is 63.2 Å². The van der Waals surface area contributed by atoms with E-state index in [0.717, 1.165) is 18.9 Å². The molecule has 0 radical (unpaired) electrons. The zero-order valence-corrected chi connectivity index (χ0v) is 20.6. The third kappa shape index (κ3) is 5.80. The summed E-state index contributed by atoms with van der Waals surface area (Å²) in [5.41, 5.74) is 2.75. The van der Waals surface area contributed by atoms with Crippen molar-refractivity contribution in [3.05, 3.63) is 40.3 Å². The maximum atomic E-state index is 13.1. The van der Waals surface area contributed by atoms with Gasteiger partial charge in [0.25, 0.3) is 5.91 Å². The zero-order valence-electron chi connectivity index (χ0n) is 19.8. The number of nitrogens with one attached hydrogen (secondary N) is 2. The largest absolute Gasteiger partial charge is 0.324 e. The predicted octanol–water partition coefficient (Wildman–Crippen LogP) is 4.08. The zero-order chi connectivity index (χ0) is 24.2. The van der Waals surface area contributed by atoms with Gasteiger partial charge in [0.2, 0.25) is 5.91 Å². The van der Waals surface area contributed by atoms with Crippen molar-refractivity contribution in [2.75, 3.05) is 23.7 Å². The van der Waals surface area contributed by atoms with E-state index in [1.807, 2.05) is 6.92 Å². The van der Waals surface area contributed by atoms with Crippen LogP contribution in [0.4, 0.5) is 11.4 Å². The minimum Gasteiger partial charge on any atom is -0.324 e. The molecule has 34 heavy (non-hydrogen) atoms. The number of carbonyl (C=O) groups excluding carboxylic acids is 2. The topological polar surface area (TPSA) is 99.0 Å². The number of hydrogen-bond acceptors (Lipinski definition) is 6. The van der Waals surface area contributed by atoms with Crippen LogP contribution < -0.4 is 10.6 Å². The van der Waals surface area contributed by atoms with Crippen LogP contribution in [0.15, 0.2) is 44.6 Å². The smallest absolute Gasteiger partial charge is 0.257 e. The van der Waals surface area contributed by atoms with Crippen molar-refractivity contribution in [2.24, 2.45) is 15.9 Å². The molecule has 4 rings (SSSR count). The Balaban J connectivity index is 1.45. The first-order valence-corrected chi connectivity index (χ1v) is 12.2. The number of rotatable bonds is 6. The molecule has 0 aromatic carbocycles. The van der Waals surface area contributed by atoms with Crippen LogP contribution in [0.2, 0.25) is 0 Å². The highest BCUT2D eigenvalue weighted by atomic mass is 35.5. The molecule has 0 spiro atoms. The van der Waals surface area contributed by atoms with E-state index in [1.54, 1.807) is 44.6 Å². The summed E-state index contributed by atoms with van der Waals surface area (Å²) in [6.45, 7) is 6.97. The number of aromatic nitrogens is 1. The highest BCUT2D eigenvalue weighted by Gasteiger charge is 2.38. The minimum atomic E-state index is -0.331. The van der Waals surface area contributed by atoms with Gasteiger partial charge >= 0.3 is 0 Å². The van der Waals surface area contributed by atoms with Gasteiger partial charge in [-0.2, -0.15) is 0 Å².